The lowest BCUT2D eigenvalue weighted by Gasteiger charge is -2.08. The number of carbonyl (C=O) groups excluding carboxylic acids is 1. The molecule has 2 aromatic carbocycles. The number of nitro groups is 2. The van der Waals surface area contributed by atoms with Crippen molar-refractivity contribution in [3.05, 3.63) is 84.9 Å². The molecule has 148 valence electrons. The van der Waals surface area contributed by atoms with Gasteiger partial charge >= 0.3 is 0 Å². The first kappa shape index (κ1) is 20.0. The number of benzene rings is 2. The molecule has 1 atom stereocenters. The molecule has 0 aliphatic carbocycles. The van der Waals surface area contributed by atoms with Gasteiger partial charge in [-0.3, -0.25) is 30.3 Å². The number of hydrogen-bond donors (Lipinski definition) is 1. The van der Waals surface area contributed by atoms with Crippen LogP contribution in [0.5, 0.6) is 0 Å². The highest BCUT2D eigenvalue weighted by atomic mass is 32.1. The first-order chi connectivity index (χ1) is 13.8. The number of nitro benzene ring substituents is 2. The summed E-state index contributed by atoms with van der Waals surface area (Å²) in [6, 6.07) is 12.6. The topological polar surface area (TPSA) is 141 Å². The number of nitrogens with zero attached hydrogens (tertiary/aromatic N) is 4. The minimum Gasteiger partial charge on any atom is -0.296 e. The van der Waals surface area contributed by atoms with Crippen molar-refractivity contribution in [2.24, 2.45) is 0 Å². The SMILES string of the molecule is CC(Cc1nnc(NC(=O)c2cc([N+](=O)[O-])cc([N+](=O)[O-])c2)s1)c1ccccc1. The molecule has 0 spiro atoms. The first-order valence-electron chi connectivity index (χ1n) is 8.46. The standard InChI is InChI=1S/C18H15N5O5S/c1-11(12-5-3-2-4-6-12)7-16-20-21-18(29-16)19-17(24)13-8-14(22(25)26)10-15(9-13)23(27)28/h2-6,8-11H,7H2,1H3,(H,19,21,24). The highest BCUT2D eigenvalue weighted by molar-refractivity contribution is 7.15. The van der Waals surface area contributed by atoms with Crippen LogP contribution >= 0.6 is 11.3 Å². The fourth-order valence-corrected chi connectivity index (χ4v) is 3.52. The monoisotopic (exact) mass is 413 g/mol. The number of amides is 1. The number of carbonyl (C=O) groups is 1. The van der Waals surface area contributed by atoms with E-state index in [0.29, 0.717) is 11.4 Å². The summed E-state index contributed by atoms with van der Waals surface area (Å²) >= 11 is 1.18. The number of non-ortho nitro benzene ring substituents is 2. The average Bonchev–Trinajstić information content (AvgIpc) is 3.14. The van der Waals surface area contributed by atoms with Crippen LogP contribution in [0.3, 0.4) is 0 Å². The fraction of sp³-hybridized carbons (Fsp3) is 0.167. The predicted molar refractivity (Wildman–Crippen MR) is 106 cm³/mol. The number of nitrogens with one attached hydrogen (secondary N) is 1. The van der Waals surface area contributed by atoms with Crippen molar-refractivity contribution < 1.29 is 14.6 Å². The second-order valence-electron chi connectivity index (χ2n) is 6.22. The molecule has 0 fully saturated rings. The largest absolute Gasteiger partial charge is 0.296 e. The van der Waals surface area contributed by atoms with E-state index >= 15 is 0 Å². The number of hydrogen-bond acceptors (Lipinski definition) is 8. The molecule has 0 bridgehead atoms. The average molecular weight is 413 g/mol. The van der Waals surface area contributed by atoms with Crippen LogP contribution in [0.25, 0.3) is 0 Å². The molecule has 0 saturated carbocycles. The smallest absolute Gasteiger partial charge is 0.277 e. The highest BCUT2D eigenvalue weighted by Crippen LogP contribution is 2.26. The van der Waals surface area contributed by atoms with Gasteiger partial charge in [0.2, 0.25) is 5.13 Å². The molecule has 29 heavy (non-hydrogen) atoms. The van der Waals surface area contributed by atoms with Crippen LogP contribution in [0.2, 0.25) is 0 Å². The van der Waals surface area contributed by atoms with E-state index in [4.69, 9.17) is 0 Å². The maximum Gasteiger partial charge on any atom is 0.277 e. The summed E-state index contributed by atoms with van der Waals surface area (Å²) in [5, 5.41) is 33.3. The van der Waals surface area contributed by atoms with E-state index in [1.807, 2.05) is 30.3 Å². The highest BCUT2D eigenvalue weighted by Gasteiger charge is 2.21. The van der Waals surface area contributed by atoms with Crippen LogP contribution in [-0.2, 0) is 6.42 Å². The van der Waals surface area contributed by atoms with E-state index in [1.54, 1.807) is 0 Å². The zero-order chi connectivity index (χ0) is 21.0. The summed E-state index contributed by atoms with van der Waals surface area (Å²) in [6.07, 6.45) is 0.625. The van der Waals surface area contributed by atoms with E-state index in [2.05, 4.69) is 22.4 Å². The summed E-state index contributed by atoms with van der Waals surface area (Å²) < 4.78 is 0. The molecule has 0 radical (unpaired) electrons. The Morgan fingerprint density at radius 3 is 2.28 bits per heavy atom. The van der Waals surface area contributed by atoms with E-state index in [-0.39, 0.29) is 16.6 Å². The number of aromatic nitrogens is 2. The first-order valence-corrected chi connectivity index (χ1v) is 9.27. The Balaban J connectivity index is 1.73. The van der Waals surface area contributed by atoms with E-state index in [9.17, 15) is 25.0 Å². The normalized spacial score (nSPS) is 11.6. The van der Waals surface area contributed by atoms with Crippen LogP contribution in [-0.4, -0.2) is 26.0 Å². The van der Waals surface area contributed by atoms with Gasteiger partial charge in [-0.05, 0) is 11.5 Å². The number of rotatable bonds is 7. The lowest BCUT2D eigenvalue weighted by molar-refractivity contribution is -0.394. The molecule has 1 N–H and O–H groups in total. The van der Waals surface area contributed by atoms with Gasteiger partial charge in [-0.15, -0.1) is 10.2 Å². The summed E-state index contributed by atoms with van der Waals surface area (Å²) in [4.78, 5) is 32.7. The summed E-state index contributed by atoms with van der Waals surface area (Å²) in [5.74, 6) is -0.539. The van der Waals surface area contributed by atoms with Gasteiger partial charge < -0.3 is 0 Å². The Kier molecular flexibility index (Phi) is 5.88. The van der Waals surface area contributed by atoms with E-state index in [1.165, 1.54) is 11.3 Å². The maximum absolute atomic E-state index is 12.4. The third-order valence-electron chi connectivity index (χ3n) is 4.12. The molecule has 0 aliphatic rings. The molecular weight excluding hydrogens is 398 g/mol. The second-order valence-corrected chi connectivity index (χ2v) is 7.29. The Morgan fingerprint density at radius 2 is 1.69 bits per heavy atom. The van der Waals surface area contributed by atoms with Gasteiger partial charge in [-0.1, -0.05) is 48.6 Å². The molecular formula is C18H15N5O5S. The Labute approximate surface area is 168 Å². The van der Waals surface area contributed by atoms with Crippen molar-refractivity contribution in [1.82, 2.24) is 10.2 Å². The Morgan fingerprint density at radius 1 is 1.07 bits per heavy atom. The maximum atomic E-state index is 12.4. The predicted octanol–water partition coefficient (Wildman–Crippen LogP) is 3.95. The van der Waals surface area contributed by atoms with Crippen LogP contribution in [0.15, 0.2) is 48.5 Å². The van der Waals surface area contributed by atoms with Crippen molar-refractivity contribution in [2.75, 3.05) is 5.32 Å². The molecule has 0 aliphatic heterocycles. The minimum absolute atomic E-state index is 0.201. The summed E-state index contributed by atoms with van der Waals surface area (Å²) in [6.45, 7) is 2.05. The van der Waals surface area contributed by atoms with E-state index < -0.39 is 27.1 Å². The Bertz CT molecular complexity index is 1040. The van der Waals surface area contributed by atoms with Gasteiger partial charge in [0, 0.05) is 18.6 Å². The minimum atomic E-state index is -0.794. The molecule has 3 aromatic rings. The van der Waals surface area contributed by atoms with Crippen molar-refractivity contribution in [2.45, 2.75) is 19.3 Å². The molecule has 1 amide bonds. The van der Waals surface area contributed by atoms with Gasteiger partial charge in [0.1, 0.15) is 5.01 Å². The lowest BCUT2D eigenvalue weighted by Crippen LogP contribution is -2.12. The van der Waals surface area contributed by atoms with Gasteiger partial charge in [0.05, 0.1) is 21.5 Å². The quantitative estimate of drug-likeness (QED) is 0.456. The molecule has 1 unspecified atom stereocenters. The van der Waals surface area contributed by atoms with Crippen molar-refractivity contribution >= 4 is 33.8 Å². The zero-order valence-electron chi connectivity index (χ0n) is 15.1. The number of anilines is 1. The van der Waals surface area contributed by atoms with Crippen LogP contribution < -0.4 is 5.32 Å². The molecule has 10 nitrogen and oxygen atoms in total. The lowest BCUT2D eigenvalue weighted by atomic mass is 9.98. The van der Waals surface area contributed by atoms with Crippen molar-refractivity contribution in [1.29, 1.82) is 0 Å². The molecule has 3 rings (SSSR count). The third kappa shape index (κ3) is 4.96. The molecule has 0 saturated heterocycles. The van der Waals surface area contributed by atoms with Crippen LogP contribution in [0.4, 0.5) is 16.5 Å². The molecule has 11 heteroatoms. The van der Waals surface area contributed by atoms with Gasteiger partial charge in [-0.2, -0.15) is 0 Å². The van der Waals surface area contributed by atoms with Crippen molar-refractivity contribution in [3.8, 4) is 0 Å². The van der Waals surface area contributed by atoms with Gasteiger partial charge in [0.15, 0.2) is 0 Å². The summed E-state index contributed by atoms with van der Waals surface area (Å²) in [7, 11) is 0. The molecule has 1 aromatic heterocycles. The second kappa shape index (κ2) is 8.52. The van der Waals surface area contributed by atoms with Crippen LogP contribution in [0.1, 0.15) is 33.8 Å². The third-order valence-corrected chi connectivity index (χ3v) is 4.98. The zero-order valence-corrected chi connectivity index (χ0v) is 16.0. The molecule has 1 heterocycles. The van der Waals surface area contributed by atoms with Crippen molar-refractivity contribution in [3.63, 3.8) is 0 Å². The Hall–Kier alpha value is -3.73. The van der Waals surface area contributed by atoms with Crippen LogP contribution in [0, 0.1) is 20.2 Å². The fourth-order valence-electron chi connectivity index (χ4n) is 2.65. The summed E-state index contributed by atoms with van der Waals surface area (Å²) in [5.41, 5.74) is -0.143. The van der Waals surface area contributed by atoms with E-state index in [0.717, 1.165) is 23.8 Å². The van der Waals surface area contributed by atoms with Gasteiger partial charge in [-0.25, -0.2) is 0 Å². The van der Waals surface area contributed by atoms with Gasteiger partial charge in [0.25, 0.3) is 17.3 Å².